The Morgan fingerprint density at radius 3 is 2.48 bits per heavy atom. The number of hydrogen-bond donors (Lipinski definition) is 1. The number of benzene rings is 2. The average molecular weight is 461 g/mol. The molecule has 2 amide bonds. The van der Waals surface area contributed by atoms with Crippen molar-refractivity contribution in [3.05, 3.63) is 86.7 Å². The van der Waals surface area contributed by atoms with E-state index >= 15 is 0 Å². The number of anilines is 1. The summed E-state index contributed by atoms with van der Waals surface area (Å²) in [6.07, 6.45) is 1.34. The summed E-state index contributed by atoms with van der Waals surface area (Å²) in [4.78, 5) is 37.8. The molecule has 8 nitrogen and oxygen atoms in total. The lowest BCUT2D eigenvalue weighted by Gasteiger charge is -2.30. The highest BCUT2D eigenvalue weighted by molar-refractivity contribution is 7.80. The fourth-order valence-electron chi connectivity index (χ4n) is 3.62. The Hall–Kier alpha value is -4.11. The van der Waals surface area contributed by atoms with Crippen LogP contribution in [0.4, 0.5) is 11.4 Å². The first-order valence-electron chi connectivity index (χ1n) is 9.99. The highest BCUT2D eigenvalue weighted by atomic mass is 32.1. The second-order valence-electron chi connectivity index (χ2n) is 7.71. The zero-order valence-electron chi connectivity index (χ0n) is 18.0. The first-order valence-corrected chi connectivity index (χ1v) is 10.4. The van der Waals surface area contributed by atoms with E-state index < -0.39 is 16.7 Å². The van der Waals surface area contributed by atoms with Gasteiger partial charge in [0.2, 0.25) is 0 Å². The van der Waals surface area contributed by atoms with Crippen molar-refractivity contribution in [3.8, 4) is 11.3 Å². The van der Waals surface area contributed by atoms with Crippen LogP contribution in [0.25, 0.3) is 17.4 Å². The van der Waals surface area contributed by atoms with E-state index in [0.29, 0.717) is 22.6 Å². The minimum atomic E-state index is -0.630. The Morgan fingerprint density at radius 1 is 1.03 bits per heavy atom. The van der Waals surface area contributed by atoms with Crippen LogP contribution in [0.3, 0.4) is 0 Å². The molecular formula is C24H19N3O5S. The molecule has 0 aliphatic carbocycles. The normalized spacial score (nSPS) is 15.2. The van der Waals surface area contributed by atoms with E-state index in [9.17, 15) is 19.7 Å². The lowest BCUT2D eigenvalue weighted by Crippen LogP contribution is -2.54. The lowest BCUT2D eigenvalue weighted by atomic mass is 10.1. The Morgan fingerprint density at radius 2 is 1.79 bits per heavy atom. The molecule has 2 heterocycles. The van der Waals surface area contributed by atoms with E-state index in [1.54, 1.807) is 37.3 Å². The summed E-state index contributed by atoms with van der Waals surface area (Å²) in [5, 5.41) is 13.8. The van der Waals surface area contributed by atoms with Crippen LogP contribution in [-0.4, -0.2) is 21.9 Å². The van der Waals surface area contributed by atoms with Crippen LogP contribution in [0.15, 0.2) is 58.5 Å². The summed E-state index contributed by atoms with van der Waals surface area (Å²) in [6.45, 7) is 5.45. The molecule has 1 aromatic heterocycles. The number of nitrogens with zero attached hydrogens (tertiary/aromatic N) is 2. The van der Waals surface area contributed by atoms with E-state index in [1.165, 1.54) is 17.0 Å². The zero-order chi connectivity index (χ0) is 23.9. The summed E-state index contributed by atoms with van der Waals surface area (Å²) in [5.74, 6) is -0.579. The quantitative estimate of drug-likeness (QED) is 0.200. The molecule has 9 heteroatoms. The lowest BCUT2D eigenvalue weighted by molar-refractivity contribution is -0.385. The van der Waals surface area contributed by atoms with Crippen molar-refractivity contribution in [2.45, 2.75) is 20.8 Å². The van der Waals surface area contributed by atoms with Crippen LogP contribution in [0.5, 0.6) is 0 Å². The van der Waals surface area contributed by atoms with Crippen LogP contribution in [0.1, 0.15) is 22.5 Å². The van der Waals surface area contributed by atoms with Crippen LogP contribution < -0.4 is 10.2 Å². The summed E-state index contributed by atoms with van der Waals surface area (Å²) in [6, 6.07) is 13.5. The number of carbonyl (C=O) groups excluding carboxylic acids is 2. The largest absolute Gasteiger partial charge is 0.457 e. The van der Waals surface area contributed by atoms with Gasteiger partial charge in [-0.3, -0.25) is 29.9 Å². The monoisotopic (exact) mass is 461 g/mol. The first kappa shape index (κ1) is 22.1. The highest BCUT2D eigenvalue weighted by Gasteiger charge is 2.35. The number of nitro groups is 1. The van der Waals surface area contributed by atoms with Crippen LogP contribution in [0, 0.1) is 30.9 Å². The third-order valence-electron chi connectivity index (χ3n) is 5.30. The molecule has 1 fully saturated rings. The molecule has 1 aliphatic heterocycles. The second kappa shape index (κ2) is 8.44. The van der Waals surface area contributed by atoms with Crippen molar-refractivity contribution in [2.24, 2.45) is 0 Å². The molecule has 0 spiro atoms. The predicted molar refractivity (Wildman–Crippen MR) is 128 cm³/mol. The molecule has 0 atom stereocenters. The van der Waals surface area contributed by atoms with E-state index in [-0.39, 0.29) is 22.1 Å². The second-order valence-corrected chi connectivity index (χ2v) is 8.09. The molecule has 0 unspecified atom stereocenters. The van der Waals surface area contributed by atoms with Crippen molar-refractivity contribution < 1.29 is 18.9 Å². The van der Waals surface area contributed by atoms with E-state index in [0.717, 1.165) is 11.1 Å². The van der Waals surface area contributed by atoms with Gasteiger partial charge < -0.3 is 4.42 Å². The highest BCUT2D eigenvalue weighted by Crippen LogP contribution is 2.30. The van der Waals surface area contributed by atoms with Crippen molar-refractivity contribution >= 4 is 46.6 Å². The van der Waals surface area contributed by atoms with Gasteiger partial charge in [-0.1, -0.05) is 29.8 Å². The van der Waals surface area contributed by atoms with Gasteiger partial charge in [-0.25, -0.2) is 0 Å². The number of carbonyl (C=O) groups is 2. The van der Waals surface area contributed by atoms with Crippen molar-refractivity contribution in [1.82, 2.24) is 5.32 Å². The molecule has 4 rings (SSSR count). The fraction of sp³-hybridized carbons (Fsp3) is 0.125. The molecular weight excluding hydrogens is 442 g/mol. The van der Waals surface area contributed by atoms with Crippen molar-refractivity contribution in [2.75, 3.05) is 4.90 Å². The van der Waals surface area contributed by atoms with Gasteiger partial charge in [0, 0.05) is 17.2 Å². The minimum Gasteiger partial charge on any atom is -0.457 e. The number of nitro benzene ring substituents is 1. The Kier molecular flexibility index (Phi) is 5.65. The summed E-state index contributed by atoms with van der Waals surface area (Å²) in [7, 11) is 0. The van der Waals surface area contributed by atoms with Crippen LogP contribution >= 0.6 is 12.2 Å². The number of nitrogens with one attached hydrogen (secondary N) is 1. The standard InChI is InChI=1S/C24H19N3O5S/c1-13-4-8-19(15(3)10-13)26-23(29)18(22(28)25-24(26)33)12-17-7-9-21(32-17)16-6-5-14(2)20(11-16)27(30)31/h4-12H,1-3H3,(H,25,28,33)/b18-12+. The maximum absolute atomic E-state index is 13.2. The predicted octanol–water partition coefficient (Wildman–Crippen LogP) is 4.61. The van der Waals surface area contributed by atoms with Gasteiger partial charge in [0.25, 0.3) is 17.5 Å². The molecule has 3 aromatic rings. The van der Waals surface area contributed by atoms with Gasteiger partial charge in [-0.2, -0.15) is 0 Å². The Balaban J connectivity index is 1.69. The molecule has 1 aliphatic rings. The molecule has 33 heavy (non-hydrogen) atoms. The molecule has 1 N–H and O–H groups in total. The smallest absolute Gasteiger partial charge is 0.273 e. The SMILES string of the molecule is Cc1ccc(N2C(=O)/C(=C/c3ccc(-c4ccc(C)c([N+](=O)[O-])c4)o3)C(=O)NC2=S)c(C)c1. The summed E-state index contributed by atoms with van der Waals surface area (Å²) < 4.78 is 5.77. The molecule has 1 saturated heterocycles. The molecule has 0 bridgehead atoms. The molecule has 0 saturated carbocycles. The summed E-state index contributed by atoms with van der Waals surface area (Å²) >= 11 is 5.25. The summed E-state index contributed by atoms with van der Waals surface area (Å²) in [5.41, 5.74) is 3.32. The van der Waals surface area contributed by atoms with E-state index in [4.69, 9.17) is 16.6 Å². The third-order valence-corrected chi connectivity index (χ3v) is 5.58. The van der Waals surface area contributed by atoms with Crippen LogP contribution in [-0.2, 0) is 9.59 Å². The number of furan rings is 1. The maximum Gasteiger partial charge on any atom is 0.273 e. The number of aryl methyl sites for hydroxylation is 3. The van der Waals surface area contributed by atoms with Crippen molar-refractivity contribution in [1.29, 1.82) is 0 Å². The van der Waals surface area contributed by atoms with Crippen molar-refractivity contribution in [3.63, 3.8) is 0 Å². The van der Waals surface area contributed by atoms with Gasteiger partial charge in [0.1, 0.15) is 17.1 Å². The number of amides is 2. The van der Waals surface area contributed by atoms with E-state index in [1.807, 2.05) is 26.0 Å². The molecule has 2 aromatic carbocycles. The van der Waals surface area contributed by atoms with Crippen LogP contribution in [0.2, 0.25) is 0 Å². The minimum absolute atomic E-state index is 0.00111. The van der Waals surface area contributed by atoms with Gasteiger partial charge >= 0.3 is 0 Å². The zero-order valence-corrected chi connectivity index (χ0v) is 18.9. The Labute approximate surface area is 194 Å². The Bertz CT molecular complexity index is 1370. The fourth-order valence-corrected chi connectivity index (χ4v) is 3.89. The topological polar surface area (TPSA) is 106 Å². The van der Waals surface area contributed by atoms with Gasteiger partial charge in [0.05, 0.1) is 10.6 Å². The number of thiocarbonyl (C=S) groups is 1. The van der Waals surface area contributed by atoms with Gasteiger partial charge in [0.15, 0.2) is 5.11 Å². The molecule has 0 radical (unpaired) electrons. The number of rotatable bonds is 4. The third kappa shape index (κ3) is 4.18. The number of hydrogen-bond acceptors (Lipinski definition) is 6. The maximum atomic E-state index is 13.2. The molecule has 166 valence electrons. The van der Waals surface area contributed by atoms with Gasteiger partial charge in [-0.05, 0) is 62.8 Å². The van der Waals surface area contributed by atoms with Gasteiger partial charge in [-0.15, -0.1) is 0 Å². The average Bonchev–Trinajstić information content (AvgIpc) is 3.21. The van der Waals surface area contributed by atoms with E-state index in [2.05, 4.69) is 5.32 Å². The first-order chi connectivity index (χ1) is 15.7.